The van der Waals surface area contributed by atoms with E-state index < -0.39 is 0 Å². The summed E-state index contributed by atoms with van der Waals surface area (Å²) in [7, 11) is 1.64. The minimum absolute atomic E-state index is 0.0556. The van der Waals surface area contributed by atoms with Crippen LogP contribution in [0.1, 0.15) is 18.2 Å². The highest BCUT2D eigenvalue weighted by atomic mass is 16.5. The maximum absolute atomic E-state index is 11.9. The third kappa shape index (κ3) is 4.65. The summed E-state index contributed by atoms with van der Waals surface area (Å²) in [6.07, 6.45) is 1.59. The van der Waals surface area contributed by atoms with Gasteiger partial charge in [-0.2, -0.15) is 0 Å². The minimum atomic E-state index is -0.276. The smallest absolute Gasteiger partial charge is 0.237 e. The monoisotopic (exact) mass is 288 g/mol. The topological polar surface area (TPSA) is 63.5 Å². The minimum Gasteiger partial charge on any atom is -0.497 e. The molecule has 5 heteroatoms. The van der Waals surface area contributed by atoms with Crippen LogP contribution in [0.5, 0.6) is 5.75 Å². The molecule has 2 N–H and O–H groups in total. The Hall–Kier alpha value is -2.27. The van der Waals surface area contributed by atoms with E-state index in [9.17, 15) is 4.79 Å². The number of methoxy groups -OCH3 is 1. The first kappa shape index (κ1) is 15.1. The van der Waals surface area contributed by atoms with E-state index in [1.165, 1.54) is 0 Å². The van der Waals surface area contributed by atoms with E-state index in [-0.39, 0.29) is 11.9 Å². The molecule has 0 aliphatic rings. The molecule has 112 valence electrons. The van der Waals surface area contributed by atoms with Crippen LogP contribution in [-0.4, -0.2) is 19.1 Å². The van der Waals surface area contributed by atoms with Crippen LogP contribution in [0, 0.1) is 0 Å². The first-order valence-corrected chi connectivity index (χ1v) is 6.85. The van der Waals surface area contributed by atoms with Gasteiger partial charge in [0.1, 0.15) is 11.5 Å². The molecule has 2 aromatic rings. The average molecular weight is 288 g/mol. The van der Waals surface area contributed by atoms with Crippen LogP contribution in [0.4, 0.5) is 0 Å². The number of benzene rings is 1. The Morgan fingerprint density at radius 2 is 2.00 bits per heavy atom. The number of ether oxygens (including phenoxy) is 1. The lowest BCUT2D eigenvalue weighted by atomic mass is 10.2. The quantitative estimate of drug-likeness (QED) is 0.819. The molecule has 0 bridgehead atoms. The van der Waals surface area contributed by atoms with E-state index >= 15 is 0 Å². The van der Waals surface area contributed by atoms with Crippen molar-refractivity contribution in [3.63, 3.8) is 0 Å². The number of hydrogen-bond acceptors (Lipinski definition) is 4. The average Bonchev–Trinajstić information content (AvgIpc) is 3.04. The van der Waals surface area contributed by atoms with Gasteiger partial charge in [0.2, 0.25) is 5.91 Å². The zero-order valence-electron chi connectivity index (χ0n) is 12.3. The Kier molecular flexibility index (Phi) is 5.40. The van der Waals surface area contributed by atoms with E-state index in [2.05, 4.69) is 10.6 Å². The van der Waals surface area contributed by atoms with Gasteiger partial charge in [-0.15, -0.1) is 0 Å². The van der Waals surface area contributed by atoms with E-state index in [0.717, 1.165) is 17.1 Å². The lowest BCUT2D eigenvalue weighted by Crippen LogP contribution is -2.41. The van der Waals surface area contributed by atoms with Gasteiger partial charge in [0.15, 0.2) is 0 Å². The van der Waals surface area contributed by atoms with Gasteiger partial charge in [-0.25, -0.2) is 0 Å². The molecule has 0 fully saturated rings. The molecule has 0 aliphatic heterocycles. The fourth-order valence-electron chi connectivity index (χ4n) is 1.85. The van der Waals surface area contributed by atoms with Crippen molar-refractivity contribution < 1.29 is 13.9 Å². The Morgan fingerprint density at radius 3 is 2.62 bits per heavy atom. The molecule has 0 saturated carbocycles. The molecule has 1 amide bonds. The van der Waals surface area contributed by atoms with Gasteiger partial charge >= 0.3 is 0 Å². The molecule has 0 saturated heterocycles. The highest BCUT2D eigenvalue weighted by Gasteiger charge is 2.12. The number of hydrogen-bond donors (Lipinski definition) is 2. The molecule has 0 aliphatic carbocycles. The van der Waals surface area contributed by atoms with Crippen LogP contribution < -0.4 is 15.4 Å². The fraction of sp³-hybridized carbons (Fsp3) is 0.312. The molecule has 2 rings (SSSR count). The zero-order valence-corrected chi connectivity index (χ0v) is 12.3. The molecule has 21 heavy (non-hydrogen) atoms. The number of carbonyl (C=O) groups is 1. The van der Waals surface area contributed by atoms with Crippen molar-refractivity contribution in [1.29, 1.82) is 0 Å². The summed E-state index contributed by atoms with van der Waals surface area (Å²) < 4.78 is 10.3. The Morgan fingerprint density at radius 1 is 1.24 bits per heavy atom. The number of rotatable bonds is 7. The second kappa shape index (κ2) is 7.50. The summed E-state index contributed by atoms with van der Waals surface area (Å²) in [6, 6.07) is 11.1. The van der Waals surface area contributed by atoms with Crippen molar-refractivity contribution in [2.24, 2.45) is 0 Å². The Bertz CT molecular complexity index is 549. The molecule has 1 unspecified atom stereocenters. The molecular weight excluding hydrogens is 268 g/mol. The second-order valence-corrected chi connectivity index (χ2v) is 4.75. The van der Waals surface area contributed by atoms with Crippen molar-refractivity contribution in [3.05, 3.63) is 54.0 Å². The SMILES string of the molecule is COc1ccc(CNC(C)C(=O)NCc2ccco2)cc1. The molecular formula is C16H20N2O3. The van der Waals surface area contributed by atoms with Crippen LogP contribution in [0.3, 0.4) is 0 Å². The lowest BCUT2D eigenvalue weighted by Gasteiger charge is -2.13. The summed E-state index contributed by atoms with van der Waals surface area (Å²) in [5.74, 6) is 1.51. The molecule has 1 aromatic heterocycles. The van der Waals surface area contributed by atoms with Crippen molar-refractivity contribution in [3.8, 4) is 5.75 Å². The summed E-state index contributed by atoms with van der Waals surface area (Å²) in [5, 5.41) is 6.01. The van der Waals surface area contributed by atoms with Gasteiger partial charge in [-0.3, -0.25) is 4.79 Å². The highest BCUT2D eigenvalue weighted by molar-refractivity contribution is 5.81. The predicted octanol–water partition coefficient (Wildman–Crippen LogP) is 2.08. The normalized spacial score (nSPS) is 11.9. The maximum Gasteiger partial charge on any atom is 0.237 e. The first-order chi connectivity index (χ1) is 10.2. The standard InChI is InChI=1S/C16H20N2O3/c1-12(16(19)18-11-15-4-3-9-21-15)17-10-13-5-7-14(20-2)8-6-13/h3-9,12,17H,10-11H2,1-2H3,(H,18,19). The zero-order chi connectivity index (χ0) is 15.1. The van der Waals surface area contributed by atoms with Crippen molar-refractivity contribution in [2.45, 2.75) is 26.1 Å². The van der Waals surface area contributed by atoms with Gasteiger partial charge in [-0.1, -0.05) is 12.1 Å². The summed E-state index contributed by atoms with van der Waals surface area (Å²) in [5.41, 5.74) is 1.10. The van der Waals surface area contributed by atoms with Gasteiger partial charge < -0.3 is 19.8 Å². The van der Waals surface area contributed by atoms with E-state index in [1.54, 1.807) is 19.4 Å². The first-order valence-electron chi connectivity index (χ1n) is 6.85. The largest absolute Gasteiger partial charge is 0.497 e. The fourth-order valence-corrected chi connectivity index (χ4v) is 1.85. The van der Waals surface area contributed by atoms with E-state index in [1.807, 2.05) is 37.3 Å². The van der Waals surface area contributed by atoms with Crippen LogP contribution in [-0.2, 0) is 17.9 Å². The summed E-state index contributed by atoms with van der Waals surface area (Å²) in [6.45, 7) is 2.86. The van der Waals surface area contributed by atoms with E-state index in [4.69, 9.17) is 9.15 Å². The van der Waals surface area contributed by atoms with Gasteiger partial charge in [0.25, 0.3) is 0 Å². The summed E-state index contributed by atoms with van der Waals surface area (Å²) in [4.78, 5) is 11.9. The lowest BCUT2D eigenvalue weighted by molar-refractivity contribution is -0.123. The highest BCUT2D eigenvalue weighted by Crippen LogP contribution is 2.11. The van der Waals surface area contributed by atoms with Gasteiger partial charge in [-0.05, 0) is 36.8 Å². The van der Waals surface area contributed by atoms with Crippen molar-refractivity contribution in [2.75, 3.05) is 7.11 Å². The Labute approximate surface area is 124 Å². The molecule has 1 aromatic carbocycles. The van der Waals surface area contributed by atoms with Crippen LogP contribution in [0.2, 0.25) is 0 Å². The third-order valence-corrected chi connectivity index (χ3v) is 3.18. The Balaban J connectivity index is 1.74. The number of furan rings is 1. The number of nitrogens with one attached hydrogen (secondary N) is 2. The van der Waals surface area contributed by atoms with Gasteiger partial charge in [0.05, 0.1) is 26.0 Å². The number of carbonyl (C=O) groups excluding carboxylic acids is 1. The number of amides is 1. The molecule has 1 atom stereocenters. The van der Waals surface area contributed by atoms with Gasteiger partial charge in [0, 0.05) is 6.54 Å². The predicted molar refractivity (Wildman–Crippen MR) is 79.9 cm³/mol. The molecule has 0 spiro atoms. The summed E-state index contributed by atoms with van der Waals surface area (Å²) >= 11 is 0. The molecule has 5 nitrogen and oxygen atoms in total. The van der Waals surface area contributed by atoms with Crippen molar-refractivity contribution in [1.82, 2.24) is 10.6 Å². The van der Waals surface area contributed by atoms with E-state index in [0.29, 0.717) is 13.1 Å². The van der Waals surface area contributed by atoms with Crippen LogP contribution in [0.15, 0.2) is 47.1 Å². The van der Waals surface area contributed by atoms with Crippen LogP contribution in [0.25, 0.3) is 0 Å². The maximum atomic E-state index is 11.9. The molecule has 1 heterocycles. The van der Waals surface area contributed by atoms with Crippen LogP contribution >= 0.6 is 0 Å². The molecule has 0 radical (unpaired) electrons. The third-order valence-electron chi connectivity index (χ3n) is 3.18. The van der Waals surface area contributed by atoms with Crippen molar-refractivity contribution >= 4 is 5.91 Å². The second-order valence-electron chi connectivity index (χ2n) is 4.75.